The Morgan fingerprint density at radius 2 is 1.88 bits per heavy atom. The van der Waals surface area contributed by atoms with Crippen molar-refractivity contribution in [2.45, 2.75) is 37.1 Å². The van der Waals surface area contributed by atoms with Gasteiger partial charge in [0.05, 0.1) is 17.4 Å². The molecule has 0 radical (unpaired) electrons. The van der Waals surface area contributed by atoms with Crippen LogP contribution in [-0.4, -0.2) is 86.0 Å². The lowest BCUT2D eigenvalue weighted by Crippen LogP contribution is -2.53. The molecule has 8 heteroatoms. The van der Waals surface area contributed by atoms with E-state index in [2.05, 4.69) is 60.3 Å². The molecule has 0 atom stereocenters. The second-order valence-electron chi connectivity index (χ2n) is 9.69. The first-order valence-electron chi connectivity index (χ1n) is 11.7. The predicted molar refractivity (Wildman–Crippen MR) is 132 cm³/mol. The summed E-state index contributed by atoms with van der Waals surface area (Å²) in [6.45, 7) is 5.99. The molecule has 4 heterocycles. The van der Waals surface area contributed by atoms with Gasteiger partial charge in [0.25, 0.3) is 0 Å². The van der Waals surface area contributed by atoms with E-state index in [0.29, 0.717) is 6.04 Å². The quantitative estimate of drug-likeness (QED) is 0.601. The van der Waals surface area contributed by atoms with Crippen molar-refractivity contribution in [2.24, 2.45) is 4.99 Å². The number of hydrogen-bond acceptors (Lipinski definition) is 5. The van der Waals surface area contributed by atoms with Gasteiger partial charge in [0.15, 0.2) is 0 Å². The lowest BCUT2D eigenvalue weighted by molar-refractivity contribution is 0.0861. The maximum Gasteiger partial charge on any atom is 0.323 e. The molecule has 2 fully saturated rings. The van der Waals surface area contributed by atoms with Gasteiger partial charge in [-0.05, 0) is 66.3 Å². The fourth-order valence-corrected chi connectivity index (χ4v) is 6.10. The van der Waals surface area contributed by atoms with E-state index in [1.807, 2.05) is 25.2 Å². The topological polar surface area (TPSA) is 54.4 Å². The first-order valence-corrected chi connectivity index (χ1v) is 12.5. The van der Waals surface area contributed by atoms with E-state index in [1.54, 1.807) is 4.90 Å². The van der Waals surface area contributed by atoms with Crippen molar-refractivity contribution in [1.82, 2.24) is 20.0 Å². The molecule has 7 nitrogen and oxygen atoms in total. The molecule has 32 heavy (non-hydrogen) atoms. The lowest BCUT2D eigenvalue weighted by Gasteiger charge is -2.45. The number of likely N-dealkylation sites (tertiary alicyclic amines) is 2. The number of fused-ring (bicyclic) bond motifs is 2. The molecule has 1 N–H and O–H groups in total. The number of benzene rings is 1. The molecule has 5 rings (SSSR count). The number of para-hydroxylation sites is 1. The van der Waals surface area contributed by atoms with Crippen molar-refractivity contribution in [3.05, 3.63) is 40.6 Å². The fourth-order valence-electron chi connectivity index (χ4n) is 5.86. The van der Waals surface area contributed by atoms with E-state index in [1.165, 1.54) is 18.4 Å². The molecule has 2 amide bonds. The van der Waals surface area contributed by atoms with Crippen LogP contribution in [0.5, 0.6) is 0 Å². The van der Waals surface area contributed by atoms with E-state index in [0.717, 1.165) is 68.2 Å². The molecule has 1 aromatic rings. The van der Waals surface area contributed by atoms with E-state index < -0.39 is 0 Å². The summed E-state index contributed by atoms with van der Waals surface area (Å²) < 4.78 is 0.956. The van der Waals surface area contributed by atoms with Gasteiger partial charge < -0.3 is 20.0 Å². The number of piperidine rings is 2. The highest BCUT2D eigenvalue weighted by molar-refractivity contribution is 9.11. The molecule has 0 unspecified atom stereocenters. The Balaban J connectivity index is 1.22. The van der Waals surface area contributed by atoms with Crippen LogP contribution in [0.4, 0.5) is 10.5 Å². The van der Waals surface area contributed by atoms with Gasteiger partial charge in [-0.15, -0.1) is 0 Å². The van der Waals surface area contributed by atoms with Crippen LogP contribution in [0.1, 0.15) is 31.2 Å². The summed E-state index contributed by atoms with van der Waals surface area (Å²) in [4.78, 5) is 26.3. The monoisotopic (exact) mass is 500 g/mol. The van der Waals surface area contributed by atoms with Crippen molar-refractivity contribution in [1.29, 1.82) is 0 Å². The Labute approximate surface area is 199 Å². The Morgan fingerprint density at radius 1 is 1.16 bits per heavy atom. The van der Waals surface area contributed by atoms with Crippen LogP contribution in [-0.2, 0) is 5.41 Å². The first-order chi connectivity index (χ1) is 15.5. The summed E-state index contributed by atoms with van der Waals surface area (Å²) in [5, 5.41) is 3.32. The minimum Gasteiger partial charge on any atom is -0.371 e. The van der Waals surface area contributed by atoms with Crippen LogP contribution in [0.3, 0.4) is 0 Å². The van der Waals surface area contributed by atoms with Crippen LogP contribution in [0.15, 0.2) is 40.1 Å². The number of carbonyl (C=O) groups is 1. The molecule has 2 saturated heterocycles. The van der Waals surface area contributed by atoms with Crippen molar-refractivity contribution in [2.75, 3.05) is 58.3 Å². The Kier molecular flexibility index (Phi) is 5.92. The summed E-state index contributed by atoms with van der Waals surface area (Å²) >= 11 is 3.45. The zero-order valence-corrected chi connectivity index (χ0v) is 20.6. The lowest BCUT2D eigenvalue weighted by atomic mass is 9.74. The van der Waals surface area contributed by atoms with Crippen molar-refractivity contribution in [3.8, 4) is 0 Å². The summed E-state index contributed by atoms with van der Waals surface area (Å²) in [7, 11) is 3.68. The highest BCUT2D eigenvalue weighted by Crippen LogP contribution is 2.47. The summed E-state index contributed by atoms with van der Waals surface area (Å²) in [6.07, 6.45) is 6.49. The van der Waals surface area contributed by atoms with Gasteiger partial charge in [-0.25, -0.2) is 9.79 Å². The summed E-state index contributed by atoms with van der Waals surface area (Å²) in [5.74, 6) is 1.15. The molecule has 4 aliphatic heterocycles. The number of urea groups is 1. The van der Waals surface area contributed by atoms with Gasteiger partial charge in [0.2, 0.25) is 0 Å². The first kappa shape index (κ1) is 21.8. The van der Waals surface area contributed by atoms with E-state index >= 15 is 0 Å². The second-order valence-corrected chi connectivity index (χ2v) is 10.5. The molecular weight excluding hydrogens is 468 g/mol. The van der Waals surface area contributed by atoms with Gasteiger partial charge >= 0.3 is 6.03 Å². The minimum atomic E-state index is 0.0890. The molecule has 0 aliphatic carbocycles. The number of aliphatic imine (C=N–C) groups is 1. The van der Waals surface area contributed by atoms with Crippen LogP contribution < -0.4 is 10.2 Å². The maximum atomic E-state index is 12.8. The standard InChI is InChI=1S/C24H33BrN6O/c1-28(2)23(32)31-17-24(19-5-3-4-6-20(19)31)9-13-29(14-10-24)18-7-11-30(12-8-18)22-16-26-21(25)15-27-22/h3-6,15,18,26H,7-14,16-17H2,1-2H3. The minimum absolute atomic E-state index is 0.0890. The third kappa shape index (κ3) is 3.92. The maximum absolute atomic E-state index is 12.8. The molecule has 0 aromatic heterocycles. The van der Waals surface area contributed by atoms with Crippen molar-refractivity contribution >= 4 is 33.5 Å². The van der Waals surface area contributed by atoms with Gasteiger partial charge in [0, 0.05) is 50.9 Å². The number of carbonyl (C=O) groups excluding carboxylic acids is 1. The number of amides is 2. The third-order valence-electron chi connectivity index (χ3n) is 7.68. The average Bonchev–Trinajstić information content (AvgIpc) is 3.14. The Morgan fingerprint density at radius 3 is 2.53 bits per heavy atom. The highest BCUT2D eigenvalue weighted by atomic mass is 79.9. The van der Waals surface area contributed by atoms with E-state index in [4.69, 9.17) is 0 Å². The van der Waals surface area contributed by atoms with Crippen LogP contribution >= 0.6 is 15.9 Å². The number of amidine groups is 1. The number of hydrogen-bond donors (Lipinski definition) is 1. The molecule has 0 saturated carbocycles. The number of nitrogens with one attached hydrogen (secondary N) is 1. The molecule has 1 spiro atoms. The zero-order valence-electron chi connectivity index (χ0n) is 19.1. The summed E-state index contributed by atoms with van der Waals surface area (Å²) in [5.41, 5.74) is 2.57. The normalized spacial score (nSPS) is 23.5. The molecule has 4 aliphatic rings. The molecule has 0 bridgehead atoms. The number of anilines is 1. The smallest absolute Gasteiger partial charge is 0.323 e. The van der Waals surface area contributed by atoms with Crippen LogP contribution in [0.2, 0.25) is 0 Å². The molecule has 172 valence electrons. The highest BCUT2D eigenvalue weighted by Gasteiger charge is 2.47. The predicted octanol–water partition coefficient (Wildman–Crippen LogP) is 3.18. The van der Waals surface area contributed by atoms with Gasteiger partial charge in [0.1, 0.15) is 5.84 Å². The molecule has 1 aromatic carbocycles. The largest absolute Gasteiger partial charge is 0.371 e. The van der Waals surface area contributed by atoms with Crippen LogP contribution in [0, 0.1) is 0 Å². The average molecular weight is 501 g/mol. The van der Waals surface area contributed by atoms with Gasteiger partial charge in [-0.3, -0.25) is 4.90 Å². The third-order valence-corrected chi connectivity index (χ3v) is 8.17. The fraction of sp³-hybridized carbons (Fsp3) is 0.583. The second kappa shape index (κ2) is 8.71. The number of rotatable bonds is 1. The van der Waals surface area contributed by atoms with Crippen molar-refractivity contribution in [3.63, 3.8) is 0 Å². The number of halogens is 1. The number of nitrogens with zero attached hydrogens (tertiary/aromatic N) is 5. The van der Waals surface area contributed by atoms with Crippen LogP contribution in [0.25, 0.3) is 0 Å². The van der Waals surface area contributed by atoms with E-state index in [-0.39, 0.29) is 11.4 Å². The van der Waals surface area contributed by atoms with Gasteiger partial charge in [-0.2, -0.15) is 0 Å². The Bertz CT molecular complexity index is 928. The SMILES string of the molecule is CN(C)C(=O)N1CC2(CCN(C3CCN(C4=NC=C(Br)NC4)CC3)CC2)c2ccccc21. The van der Waals surface area contributed by atoms with Crippen molar-refractivity contribution < 1.29 is 4.79 Å². The summed E-state index contributed by atoms with van der Waals surface area (Å²) in [6, 6.07) is 9.29. The van der Waals surface area contributed by atoms with E-state index in [9.17, 15) is 4.79 Å². The zero-order chi connectivity index (χ0) is 22.3. The molecular formula is C24H33BrN6O. The van der Waals surface area contributed by atoms with Gasteiger partial charge in [-0.1, -0.05) is 18.2 Å². The Hall–Kier alpha value is -2.06.